The lowest BCUT2D eigenvalue weighted by Gasteiger charge is -2.30. The first-order chi connectivity index (χ1) is 8.97. The molecule has 0 saturated heterocycles. The van der Waals surface area contributed by atoms with Crippen LogP contribution in [0.25, 0.3) is 6.08 Å². The molecule has 4 nitrogen and oxygen atoms in total. The summed E-state index contributed by atoms with van der Waals surface area (Å²) in [5, 5.41) is 11.1. The smallest absolute Gasteiger partial charge is 0.283 e. The molecule has 1 aliphatic heterocycles. The SMILES string of the molecule is C/C=C/CC1(C)C=Cc2c(ccc(C)c2[N+](=O)[O-])O1. The summed E-state index contributed by atoms with van der Waals surface area (Å²) in [5.41, 5.74) is 0.890. The van der Waals surface area contributed by atoms with Crippen molar-refractivity contribution in [3.8, 4) is 5.75 Å². The first-order valence-electron chi connectivity index (χ1n) is 6.24. The Morgan fingerprint density at radius 2 is 2.21 bits per heavy atom. The Morgan fingerprint density at radius 1 is 1.47 bits per heavy atom. The van der Waals surface area contributed by atoms with E-state index in [0.29, 0.717) is 16.9 Å². The lowest BCUT2D eigenvalue weighted by molar-refractivity contribution is -0.385. The molecule has 1 atom stereocenters. The van der Waals surface area contributed by atoms with Crippen molar-refractivity contribution in [3.63, 3.8) is 0 Å². The van der Waals surface area contributed by atoms with Gasteiger partial charge in [-0.3, -0.25) is 10.1 Å². The van der Waals surface area contributed by atoms with Gasteiger partial charge in [0.25, 0.3) is 5.69 Å². The van der Waals surface area contributed by atoms with Crippen LogP contribution in [0.15, 0.2) is 30.4 Å². The zero-order valence-corrected chi connectivity index (χ0v) is 11.3. The molecule has 0 fully saturated rings. The molecule has 1 unspecified atom stereocenters. The van der Waals surface area contributed by atoms with Gasteiger partial charge in [-0.15, -0.1) is 0 Å². The highest BCUT2D eigenvalue weighted by Crippen LogP contribution is 2.39. The normalized spacial score (nSPS) is 21.2. The average molecular weight is 259 g/mol. The van der Waals surface area contributed by atoms with E-state index in [2.05, 4.69) is 0 Å². The molecule has 0 aromatic heterocycles. The minimum absolute atomic E-state index is 0.127. The number of benzene rings is 1. The molecule has 0 N–H and O–H groups in total. The van der Waals surface area contributed by atoms with Crippen LogP contribution >= 0.6 is 0 Å². The van der Waals surface area contributed by atoms with Crippen molar-refractivity contribution in [2.24, 2.45) is 0 Å². The minimum atomic E-state index is -0.442. The Bertz CT molecular complexity index is 575. The fraction of sp³-hybridized carbons (Fsp3) is 0.333. The van der Waals surface area contributed by atoms with E-state index in [-0.39, 0.29) is 10.6 Å². The molecule has 0 amide bonds. The van der Waals surface area contributed by atoms with E-state index < -0.39 is 5.60 Å². The molecular formula is C15H17NO3. The maximum absolute atomic E-state index is 11.1. The van der Waals surface area contributed by atoms with E-state index in [0.717, 1.165) is 6.42 Å². The van der Waals surface area contributed by atoms with E-state index >= 15 is 0 Å². The number of allylic oxidation sites excluding steroid dienone is 1. The summed E-state index contributed by atoms with van der Waals surface area (Å²) in [4.78, 5) is 10.8. The van der Waals surface area contributed by atoms with Gasteiger partial charge in [0, 0.05) is 12.0 Å². The third kappa shape index (κ3) is 2.52. The average Bonchev–Trinajstić information content (AvgIpc) is 2.36. The summed E-state index contributed by atoms with van der Waals surface area (Å²) in [6.07, 6.45) is 8.42. The van der Waals surface area contributed by atoms with Gasteiger partial charge < -0.3 is 4.74 Å². The van der Waals surface area contributed by atoms with Crippen molar-refractivity contribution in [2.75, 3.05) is 0 Å². The quantitative estimate of drug-likeness (QED) is 0.467. The predicted octanol–water partition coefficient (Wildman–Crippen LogP) is 4.03. The largest absolute Gasteiger partial charge is 0.482 e. The first-order valence-corrected chi connectivity index (χ1v) is 6.24. The van der Waals surface area contributed by atoms with Crippen molar-refractivity contribution in [3.05, 3.63) is 51.6 Å². The predicted molar refractivity (Wildman–Crippen MR) is 75.3 cm³/mol. The molecule has 4 heteroatoms. The Labute approximate surface area is 112 Å². The van der Waals surface area contributed by atoms with Crippen LogP contribution in [0.2, 0.25) is 0 Å². The molecule has 0 bridgehead atoms. The van der Waals surface area contributed by atoms with Gasteiger partial charge in [0.2, 0.25) is 0 Å². The van der Waals surface area contributed by atoms with E-state index in [1.54, 1.807) is 25.1 Å². The Morgan fingerprint density at radius 3 is 2.84 bits per heavy atom. The number of aryl methyl sites for hydroxylation is 1. The van der Waals surface area contributed by atoms with Crippen LogP contribution in [0.5, 0.6) is 5.75 Å². The molecule has 0 radical (unpaired) electrons. The van der Waals surface area contributed by atoms with Crippen LogP contribution in [-0.4, -0.2) is 10.5 Å². The van der Waals surface area contributed by atoms with Crippen molar-refractivity contribution in [1.29, 1.82) is 0 Å². The van der Waals surface area contributed by atoms with Crippen LogP contribution in [-0.2, 0) is 0 Å². The zero-order chi connectivity index (χ0) is 14.0. The summed E-state index contributed by atoms with van der Waals surface area (Å²) in [5.74, 6) is 0.576. The number of rotatable bonds is 3. The molecule has 0 spiro atoms. The molecule has 1 aliphatic rings. The van der Waals surface area contributed by atoms with Gasteiger partial charge in [0.15, 0.2) is 0 Å². The minimum Gasteiger partial charge on any atom is -0.482 e. The standard InChI is InChI=1S/C15H17NO3/c1-4-5-9-15(3)10-8-12-13(19-15)7-6-11(2)14(12)16(17)18/h4-8,10H,9H2,1-3H3/b5-4+. The number of ether oxygens (including phenoxy) is 1. The second kappa shape index (κ2) is 4.88. The van der Waals surface area contributed by atoms with Crippen LogP contribution in [0, 0.1) is 17.0 Å². The number of nitro benzene ring substituents is 1. The Balaban J connectivity index is 2.45. The number of hydrogen-bond acceptors (Lipinski definition) is 3. The van der Waals surface area contributed by atoms with Crippen molar-refractivity contribution in [2.45, 2.75) is 32.8 Å². The number of hydrogen-bond donors (Lipinski definition) is 0. The molecule has 0 aliphatic carbocycles. The molecule has 0 saturated carbocycles. The van der Waals surface area contributed by atoms with Crippen LogP contribution < -0.4 is 4.74 Å². The van der Waals surface area contributed by atoms with E-state index in [1.165, 1.54) is 0 Å². The highest BCUT2D eigenvalue weighted by atomic mass is 16.6. The second-order valence-electron chi connectivity index (χ2n) is 4.92. The molecule has 1 heterocycles. The second-order valence-corrected chi connectivity index (χ2v) is 4.92. The maximum atomic E-state index is 11.1. The molecule has 19 heavy (non-hydrogen) atoms. The van der Waals surface area contributed by atoms with Gasteiger partial charge in [0.05, 0.1) is 10.5 Å². The number of nitrogens with zero attached hydrogens (tertiary/aromatic N) is 1. The lowest BCUT2D eigenvalue weighted by Crippen LogP contribution is -2.31. The van der Waals surface area contributed by atoms with E-state index in [4.69, 9.17) is 4.74 Å². The summed E-state index contributed by atoms with van der Waals surface area (Å²) in [7, 11) is 0. The summed E-state index contributed by atoms with van der Waals surface area (Å²) in [6.45, 7) is 5.66. The van der Waals surface area contributed by atoms with Crippen molar-refractivity contribution in [1.82, 2.24) is 0 Å². The van der Waals surface area contributed by atoms with E-state index in [1.807, 2.05) is 32.1 Å². The molecule has 2 rings (SSSR count). The van der Waals surface area contributed by atoms with Gasteiger partial charge in [-0.05, 0) is 45.1 Å². The van der Waals surface area contributed by atoms with E-state index in [9.17, 15) is 10.1 Å². The molecule has 1 aromatic carbocycles. The van der Waals surface area contributed by atoms with Gasteiger partial charge in [-0.1, -0.05) is 12.2 Å². The molecular weight excluding hydrogens is 242 g/mol. The Hall–Kier alpha value is -2.10. The summed E-state index contributed by atoms with van der Waals surface area (Å²) in [6, 6.07) is 3.53. The third-order valence-electron chi connectivity index (χ3n) is 3.27. The third-order valence-corrected chi connectivity index (χ3v) is 3.27. The highest BCUT2D eigenvalue weighted by molar-refractivity contribution is 5.72. The van der Waals surface area contributed by atoms with Crippen LogP contribution in [0.1, 0.15) is 31.4 Å². The van der Waals surface area contributed by atoms with Crippen molar-refractivity contribution >= 4 is 11.8 Å². The van der Waals surface area contributed by atoms with Gasteiger partial charge in [0.1, 0.15) is 11.4 Å². The van der Waals surface area contributed by atoms with Gasteiger partial charge >= 0.3 is 0 Å². The topological polar surface area (TPSA) is 52.4 Å². The molecule has 1 aromatic rings. The fourth-order valence-electron chi connectivity index (χ4n) is 2.20. The lowest BCUT2D eigenvalue weighted by atomic mass is 9.95. The fourth-order valence-corrected chi connectivity index (χ4v) is 2.20. The number of fused-ring (bicyclic) bond motifs is 1. The number of nitro groups is 1. The summed E-state index contributed by atoms with van der Waals surface area (Å²) >= 11 is 0. The molecule has 100 valence electrons. The van der Waals surface area contributed by atoms with Gasteiger partial charge in [-0.25, -0.2) is 0 Å². The van der Waals surface area contributed by atoms with Crippen LogP contribution in [0.4, 0.5) is 5.69 Å². The summed E-state index contributed by atoms with van der Waals surface area (Å²) < 4.78 is 5.92. The monoisotopic (exact) mass is 259 g/mol. The highest BCUT2D eigenvalue weighted by Gasteiger charge is 2.30. The maximum Gasteiger partial charge on any atom is 0.283 e. The van der Waals surface area contributed by atoms with Crippen LogP contribution in [0.3, 0.4) is 0 Å². The zero-order valence-electron chi connectivity index (χ0n) is 11.3. The van der Waals surface area contributed by atoms with Crippen molar-refractivity contribution < 1.29 is 9.66 Å². The van der Waals surface area contributed by atoms with Gasteiger partial charge in [-0.2, -0.15) is 0 Å². The first kappa shape index (κ1) is 13.3. The Kier molecular flexibility index (Phi) is 3.42.